The van der Waals surface area contributed by atoms with Crippen molar-refractivity contribution in [1.29, 1.82) is 0 Å². The third-order valence-electron chi connectivity index (χ3n) is 7.39. The normalized spacial score (nSPS) is 40.2. The van der Waals surface area contributed by atoms with Crippen LogP contribution in [-0.2, 0) is 33.3 Å². The molecule has 4 aliphatic rings. The highest BCUT2D eigenvalue weighted by Crippen LogP contribution is 2.51. The number of rotatable bonds is 7. The van der Waals surface area contributed by atoms with E-state index in [1.165, 1.54) is 0 Å². The van der Waals surface area contributed by atoms with Crippen LogP contribution in [0.5, 0.6) is 0 Å². The van der Waals surface area contributed by atoms with Gasteiger partial charge in [-0.25, -0.2) is 0 Å². The van der Waals surface area contributed by atoms with Crippen LogP contribution in [0, 0.1) is 17.8 Å². The summed E-state index contributed by atoms with van der Waals surface area (Å²) in [5, 5.41) is 0. The Morgan fingerprint density at radius 3 is 2.66 bits per heavy atom. The van der Waals surface area contributed by atoms with Gasteiger partial charge >= 0.3 is 17.9 Å². The summed E-state index contributed by atoms with van der Waals surface area (Å²) in [6.45, 7) is 5.89. The lowest BCUT2D eigenvalue weighted by molar-refractivity contribution is -0.158. The van der Waals surface area contributed by atoms with E-state index >= 15 is 0 Å². The van der Waals surface area contributed by atoms with Crippen molar-refractivity contribution in [2.45, 2.75) is 89.3 Å². The number of unbranched alkanes of at least 4 members (excludes halogenated alkanes) is 3. The summed E-state index contributed by atoms with van der Waals surface area (Å²) in [6.07, 6.45) is 5.10. The second-order valence-corrected chi connectivity index (χ2v) is 10.1. The van der Waals surface area contributed by atoms with E-state index in [4.69, 9.17) is 18.9 Å². The highest BCUT2D eigenvalue weighted by Gasteiger charge is 2.65. The second kappa shape index (κ2) is 8.78. The van der Waals surface area contributed by atoms with Crippen molar-refractivity contribution in [3.05, 3.63) is 11.8 Å². The van der Waals surface area contributed by atoms with Gasteiger partial charge in [-0.05, 0) is 33.5 Å². The molecule has 2 fully saturated rings. The summed E-state index contributed by atoms with van der Waals surface area (Å²) in [7, 11) is 3.73. The molecule has 0 saturated carbocycles. The van der Waals surface area contributed by atoms with Crippen molar-refractivity contribution in [3.8, 4) is 0 Å². The topological polar surface area (TPSA) is 94.7 Å². The average Bonchev–Trinajstić information content (AvgIpc) is 3.11. The molecule has 0 spiro atoms. The predicted octanol–water partition coefficient (Wildman–Crippen LogP) is 2.59. The summed E-state index contributed by atoms with van der Waals surface area (Å²) in [5.74, 6) is -1.80. The zero-order valence-electron chi connectivity index (χ0n) is 19.7. The summed E-state index contributed by atoms with van der Waals surface area (Å²) < 4.78 is 23.5. The molecule has 4 rings (SSSR count). The van der Waals surface area contributed by atoms with Gasteiger partial charge in [0.2, 0.25) is 0 Å². The van der Waals surface area contributed by atoms with Crippen LogP contribution in [0.2, 0.25) is 0 Å². The second-order valence-electron chi connectivity index (χ2n) is 10.1. The van der Waals surface area contributed by atoms with Crippen LogP contribution in [0.15, 0.2) is 11.8 Å². The molecule has 32 heavy (non-hydrogen) atoms. The Kier molecular flexibility index (Phi) is 6.38. The van der Waals surface area contributed by atoms with Gasteiger partial charge in [0.25, 0.3) is 0 Å². The third kappa shape index (κ3) is 4.19. The molecule has 3 aliphatic heterocycles. The molecule has 0 aromatic rings. The third-order valence-corrected chi connectivity index (χ3v) is 7.39. The molecular weight excluding hydrogens is 414 g/mol. The number of hydrogen-bond acceptors (Lipinski definition) is 8. The van der Waals surface area contributed by atoms with E-state index in [0.29, 0.717) is 18.6 Å². The molecule has 1 aliphatic carbocycles. The molecule has 0 N–H and O–H groups in total. The van der Waals surface area contributed by atoms with Crippen LogP contribution in [-0.4, -0.2) is 66.9 Å². The van der Waals surface area contributed by atoms with Crippen LogP contribution < -0.4 is 0 Å². The van der Waals surface area contributed by atoms with E-state index in [2.05, 4.69) is 6.92 Å². The fourth-order valence-corrected chi connectivity index (χ4v) is 5.55. The van der Waals surface area contributed by atoms with E-state index in [1.807, 2.05) is 25.9 Å². The zero-order chi connectivity index (χ0) is 23.2. The molecule has 8 nitrogen and oxygen atoms in total. The first-order chi connectivity index (χ1) is 15.2. The first-order valence-corrected chi connectivity index (χ1v) is 11.8. The molecule has 8 unspecified atom stereocenters. The SMILES string of the molecule is CCCCCCC(=O)OC1C(N(C)C)C2C=C(OC2=O)C2C(CC3(C)OC13)OC(=O)C2C. The van der Waals surface area contributed by atoms with Gasteiger partial charge in [0.05, 0.1) is 29.4 Å². The standard InChI is InChI=1S/C24H35NO7/c1-6-7-8-9-10-17(26)31-20-19(25(4)5)14-11-15(29-23(14)28)18-13(2)22(27)30-16(18)12-24(3)21(20)32-24/h11,13-14,16,18-21H,6-10,12H2,1-5H3. The maximum absolute atomic E-state index is 12.9. The van der Waals surface area contributed by atoms with Gasteiger partial charge in [-0.15, -0.1) is 0 Å². The lowest BCUT2D eigenvalue weighted by Crippen LogP contribution is -2.51. The quantitative estimate of drug-likeness (QED) is 0.253. The summed E-state index contributed by atoms with van der Waals surface area (Å²) in [5.41, 5.74) is -0.602. The first-order valence-electron chi connectivity index (χ1n) is 11.8. The van der Waals surface area contributed by atoms with E-state index in [1.54, 1.807) is 13.0 Å². The Morgan fingerprint density at radius 2 is 1.97 bits per heavy atom. The highest BCUT2D eigenvalue weighted by molar-refractivity contribution is 5.81. The molecule has 178 valence electrons. The smallest absolute Gasteiger partial charge is 0.319 e. The van der Waals surface area contributed by atoms with Gasteiger partial charge in [0, 0.05) is 12.8 Å². The predicted molar refractivity (Wildman–Crippen MR) is 114 cm³/mol. The molecule has 8 heteroatoms. The summed E-state index contributed by atoms with van der Waals surface area (Å²) >= 11 is 0. The Balaban J connectivity index is 1.63. The number of likely N-dealkylation sites (N-methyl/N-ethyl adjacent to an activating group) is 1. The van der Waals surface area contributed by atoms with Gasteiger partial charge in [-0.2, -0.15) is 0 Å². The molecule has 0 amide bonds. The van der Waals surface area contributed by atoms with Crippen molar-refractivity contribution in [1.82, 2.24) is 4.90 Å². The lowest BCUT2D eigenvalue weighted by Gasteiger charge is -2.34. The zero-order valence-corrected chi connectivity index (χ0v) is 19.7. The van der Waals surface area contributed by atoms with E-state index in [-0.39, 0.29) is 24.0 Å². The number of nitrogens with zero attached hydrogens (tertiary/aromatic N) is 1. The number of hydrogen-bond donors (Lipinski definition) is 0. The van der Waals surface area contributed by atoms with Gasteiger partial charge in [0.1, 0.15) is 24.1 Å². The van der Waals surface area contributed by atoms with Gasteiger partial charge < -0.3 is 23.8 Å². The van der Waals surface area contributed by atoms with E-state index in [9.17, 15) is 14.4 Å². The van der Waals surface area contributed by atoms with Gasteiger partial charge in [0.15, 0.2) is 0 Å². The van der Waals surface area contributed by atoms with E-state index in [0.717, 1.165) is 25.7 Å². The fourth-order valence-electron chi connectivity index (χ4n) is 5.55. The van der Waals surface area contributed by atoms with Gasteiger partial charge in [-0.1, -0.05) is 33.1 Å². The van der Waals surface area contributed by atoms with E-state index < -0.39 is 41.7 Å². The van der Waals surface area contributed by atoms with Crippen molar-refractivity contribution < 1.29 is 33.3 Å². The van der Waals surface area contributed by atoms with Crippen LogP contribution in [0.25, 0.3) is 0 Å². The molecule has 0 aromatic heterocycles. The largest absolute Gasteiger partial charge is 0.461 e. The molecule has 3 heterocycles. The highest BCUT2D eigenvalue weighted by atomic mass is 16.6. The monoisotopic (exact) mass is 449 g/mol. The minimum atomic E-state index is -0.632. The van der Waals surface area contributed by atoms with Crippen molar-refractivity contribution in [2.24, 2.45) is 17.8 Å². The van der Waals surface area contributed by atoms with Crippen molar-refractivity contribution in [2.75, 3.05) is 14.1 Å². The number of esters is 3. The Morgan fingerprint density at radius 1 is 1.22 bits per heavy atom. The number of carbonyl (C=O) groups is 3. The number of ether oxygens (including phenoxy) is 4. The molecule has 2 bridgehead atoms. The Labute approximate surface area is 189 Å². The van der Waals surface area contributed by atoms with Crippen LogP contribution in [0.4, 0.5) is 0 Å². The molecule has 0 aromatic carbocycles. The van der Waals surface area contributed by atoms with Crippen LogP contribution in [0.1, 0.15) is 59.3 Å². The van der Waals surface area contributed by atoms with Crippen molar-refractivity contribution >= 4 is 17.9 Å². The fraction of sp³-hybridized carbons (Fsp3) is 0.792. The minimum absolute atomic E-state index is 0.276. The number of epoxide rings is 1. The summed E-state index contributed by atoms with van der Waals surface area (Å²) in [4.78, 5) is 39.9. The van der Waals surface area contributed by atoms with Gasteiger partial charge in [-0.3, -0.25) is 14.4 Å². The minimum Gasteiger partial charge on any atom is -0.461 e. The number of carbonyl (C=O) groups excluding carboxylic acids is 3. The number of fused-ring (bicyclic) bond motifs is 4. The molecular formula is C24H35NO7. The van der Waals surface area contributed by atoms with Crippen molar-refractivity contribution in [3.63, 3.8) is 0 Å². The molecule has 0 radical (unpaired) electrons. The van der Waals surface area contributed by atoms with Crippen LogP contribution in [0.3, 0.4) is 0 Å². The molecule has 2 saturated heterocycles. The average molecular weight is 450 g/mol. The Bertz CT molecular complexity index is 808. The Hall–Kier alpha value is -1.93. The maximum Gasteiger partial charge on any atom is 0.319 e. The maximum atomic E-state index is 12.9. The summed E-state index contributed by atoms with van der Waals surface area (Å²) in [6, 6.07) is -0.434. The molecule has 8 atom stereocenters. The first kappa shape index (κ1) is 23.2. The van der Waals surface area contributed by atoms with Crippen LogP contribution >= 0.6 is 0 Å². The lowest BCUT2D eigenvalue weighted by atomic mass is 9.80.